The Bertz CT molecular complexity index is 4090. The van der Waals surface area contributed by atoms with Crippen LogP contribution in [0.4, 0.5) is 0 Å². The quantitative estimate of drug-likeness (QED) is 0.164. The molecule has 6 aromatic heterocycles. The van der Waals surface area contributed by atoms with Crippen molar-refractivity contribution in [2.24, 2.45) is 0 Å². The first-order chi connectivity index (χ1) is 33.2. The van der Waals surface area contributed by atoms with Crippen molar-refractivity contribution in [3.8, 4) is 40.2 Å². The number of nitrogens with zero attached hydrogens (tertiary/aromatic N) is 6. The monoisotopic (exact) mass is 865 g/mol. The van der Waals surface area contributed by atoms with Crippen LogP contribution in [0.25, 0.3) is 122 Å². The molecule has 67 heavy (non-hydrogen) atoms. The first-order valence-electron chi connectivity index (χ1n) is 21.8. The van der Waals surface area contributed by atoms with Crippen molar-refractivity contribution in [2.45, 2.75) is 0 Å². The molecule has 1 N–H and O–H groups in total. The van der Waals surface area contributed by atoms with Gasteiger partial charge in [0.15, 0.2) is 16.7 Å². The normalized spacial score (nSPS) is 11.7. The predicted molar refractivity (Wildman–Crippen MR) is 267 cm³/mol. The van der Waals surface area contributed by atoms with Crippen LogP contribution >= 0.6 is 0 Å². The topological polar surface area (TPSA) is 117 Å². The molecule has 11 heteroatoms. The lowest BCUT2D eigenvalue weighted by Crippen LogP contribution is -2.02. The summed E-state index contributed by atoms with van der Waals surface area (Å²) in [4.78, 5) is 20.2. The third kappa shape index (κ3) is 6.17. The molecule has 0 aliphatic rings. The van der Waals surface area contributed by atoms with Gasteiger partial charge in [-0.05, 0) is 48.5 Å². The minimum atomic E-state index is 0.403. The fourth-order valence-electron chi connectivity index (χ4n) is 9.42. The smallest absolute Gasteiger partial charge is 0.535 e. The predicted octanol–water partition coefficient (Wildman–Crippen LogP) is 13.2. The first kappa shape index (κ1) is 38.4. The molecule has 315 valence electrons. The third-order valence-electron chi connectivity index (χ3n) is 12.3. The van der Waals surface area contributed by atoms with Crippen molar-refractivity contribution in [3.05, 3.63) is 200 Å². The first-order valence-corrected chi connectivity index (χ1v) is 21.8. The van der Waals surface area contributed by atoms with E-state index in [1.54, 1.807) is 6.07 Å². The van der Waals surface area contributed by atoms with Crippen LogP contribution in [0.2, 0.25) is 0 Å². The molecule has 0 spiro atoms. The molecular formula is C56H34BN6O4. The highest BCUT2D eigenvalue weighted by Gasteiger charge is 2.23. The van der Waals surface area contributed by atoms with Crippen LogP contribution in [-0.4, -0.2) is 41.8 Å². The zero-order valence-electron chi connectivity index (χ0n) is 35.5. The Labute approximate surface area is 381 Å². The van der Waals surface area contributed by atoms with Gasteiger partial charge < -0.3 is 18.5 Å². The number of para-hydroxylation sites is 6. The van der Waals surface area contributed by atoms with Crippen LogP contribution < -0.4 is 4.65 Å². The van der Waals surface area contributed by atoms with E-state index in [1.807, 2.05) is 103 Å². The van der Waals surface area contributed by atoms with Crippen LogP contribution in [0.1, 0.15) is 0 Å². The Hall–Kier alpha value is -9.06. The van der Waals surface area contributed by atoms with Crippen LogP contribution in [0.5, 0.6) is 5.75 Å². The Morgan fingerprint density at radius 1 is 0.373 bits per heavy atom. The van der Waals surface area contributed by atoms with Crippen molar-refractivity contribution in [1.29, 1.82) is 0 Å². The van der Waals surface area contributed by atoms with Crippen LogP contribution in [0, 0.1) is 0 Å². The van der Waals surface area contributed by atoms with Gasteiger partial charge in [0.1, 0.15) is 33.8 Å². The highest BCUT2D eigenvalue weighted by Crippen LogP contribution is 2.40. The van der Waals surface area contributed by atoms with Crippen molar-refractivity contribution in [1.82, 2.24) is 29.1 Å². The summed E-state index contributed by atoms with van der Waals surface area (Å²) in [6.07, 6.45) is 0. The van der Waals surface area contributed by atoms with Crippen LogP contribution in [-0.2, 0) is 0 Å². The van der Waals surface area contributed by atoms with Crippen molar-refractivity contribution in [2.75, 3.05) is 0 Å². The molecule has 14 aromatic rings. The molecule has 10 nitrogen and oxygen atoms in total. The summed E-state index contributed by atoms with van der Waals surface area (Å²) < 4.78 is 22.1. The van der Waals surface area contributed by atoms with Gasteiger partial charge in [0, 0.05) is 38.1 Å². The number of rotatable bonds is 6. The molecular weight excluding hydrogens is 831 g/mol. The van der Waals surface area contributed by atoms with E-state index in [2.05, 4.69) is 100 Å². The number of aromatic nitrogens is 6. The van der Waals surface area contributed by atoms with E-state index in [9.17, 15) is 5.02 Å². The van der Waals surface area contributed by atoms with E-state index in [1.165, 1.54) is 10.8 Å². The Morgan fingerprint density at radius 2 is 0.776 bits per heavy atom. The second kappa shape index (κ2) is 15.6. The lowest BCUT2D eigenvalue weighted by Gasteiger charge is -2.09. The van der Waals surface area contributed by atoms with Crippen molar-refractivity contribution < 1.29 is 18.5 Å². The fourth-order valence-corrected chi connectivity index (χ4v) is 9.42. The molecule has 0 saturated carbocycles. The number of hydrogen-bond acceptors (Lipinski definition) is 8. The van der Waals surface area contributed by atoms with E-state index < -0.39 is 0 Å². The van der Waals surface area contributed by atoms with Crippen molar-refractivity contribution in [3.63, 3.8) is 0 Å². The van der Waals surface area contributed by atoms with Gasteiger partial charge in [-0.2, -0.15) is 0 Å². The summed E-state index contributed by atoms with van der Waals surface area (Å²) in [7, 11) is 0.648. The van der Waals surface area contributed by atoms with Gasteiger partial charge in [-0.3, -0.25) is 9.13 Å². The van der Waals surface area contributed by atoms with Gasteiger partial charge in [-0.1, -0.05) is 152 Å². The molecule has 6 heterocycles. The summed E-state index contributed by atoms with van der Waals surface area (Å²) in [6, 6.07) is 67.0. The maximum atomic E-state index is 9.24. The van der Waals surface area contributed by atoms with Crippen molar-refractivity contribution >= 4 is 95.4 Å². The summed E-state index contributed by atoms with van der Waals surface area (Å²) in [5.74, 6) is 1.59. The number of hydrogen-bond donors (Lipinski definition) is 1. The van der Waals surface area contributed by atoms with E-state index >= 15 is 0 Å². The maximum absolute atomic E-state index is 9.24. The largest absolute Gasteiger partial charge is 0.569 e. The average molecular weight is 866 g/mol. The summed E-state index contributed by atoms with van der Waals surface area (Å²) in [6.45, 7) is 0. The van der Waals surface area contributed by atoms with Gasteiger partial charge in [0.2, 0.25) is 11.9 Å². The zero-order chi connectivity index (χ0) is 44.4. The Balaban J connectivity index is 0.000000134. The van der Waals surface area contributed by atoms with Crippen LogP contribution in [0.15, 0.2) is 209 Å². The van der Waals surface area contributed by atoms with Gasteiger partial charge in [0.25, 0.3) is 0 Å². The third-order valence-corrected chi connectivity index (χ3v) is 12.3. The molecule has 0 aliphatic heterocycles. The molecule has 0 unspecified atom stereocenters. The molecule has 0 saturated heterocycles. The van der Waals surface area contributed by atoms with E-state index in [0.29, 0.717) is 53.3 Å². The van der Waals surface area contributed by atoms with E-state index in [4.69, 9.17) is 33.4 Å². The summed E-state index contributed by atoms with van der Waals surface area (Å²) in [5.41, 5.74) is 11.7. The van der Waals surface area contributed by atoms with E-state index in [0.717, 1.165) is 71.5 Å². The minimum absolute atomic E-state index is 0.403. The second-order valence-corrected chi connectivity index (χ2v) is 16.1. The van der Waals surface area contributed by atoms with Gasteiger partial charge in [0.05, 0.1) is 27.5 Å². The highest BCUT2D eigenvalue weighted by molar-refractivity contribution is 6.19. The maximum Gasteiger partial charge on any atom is 0.569 e. The zero-order valence-corrected chi connectivity index (χ0v) is 35.5. The number of benzene rings is 8. The molecule has 8 aromatic carbocycles. The highest BCUT2D eigenvalue weighted by atomic mass is 16.5. The molecule has 0 atom stereocenters. The molecule has 0 fully saturated rings. The van der Waals surface area contributed by atoms with Gasteiger partial charge in [-0.15, -0.1) is 0 Å². The summed E-state index contributed by atoms with van der Waals surface area (Å²) in [5, 5.41) is 15.7. The molecule has 0 bridgehead atoms. The summed E-state index contributed by atoms with van der Waals surface area (Å²) >= 11 is 0. The minimum Gasteiger partial charge on any atom is -0.535 e. The lowest BCUT2D eigenvalue weighted by molar-refractivity contribution is 0.451. The number of furan rings is 2. The van der Waals surface area contributed by atoms with Crippen LogP contribution in [0.3, 0.4) is 0 Å². The van der Waals surface area contributed by atoms with Gasteiger partial charge in [-0.25, -0.2) is 19.9 Å². The molecule has 0 aliphatic carbocycles. The number of fused-ring (bicyclic) bond motifs is 12. The standard InChI is InChI=1S/C28H17BN3O3.C28H17N3O/c33-29-35-23-16-8-13-20-25-27(34-26(20)23)24(17-9-2-1-3-10-17)30-28(31-25)32-21-14-6-4-11-18(21)19-12-5-7-15-22(19)32;1-2-10-18(11-3-1)25-27-26(21-14-6-9-17-24(21)32-27)30-28(29-25)31-22-15-7-4-12-19(22)20-13-5-8-16-23(20)31/h1-16,33H;1-17H. The Kier molecular flexibility index (Phi) is 8.93. The van der Waals surface area contributed by atoms with E-state index in [-0.39, 0.29) is 0 Å². The average Bonchev–Trinajstić information content (AvgIpc) is 4.15. The Morgan fingerprint density at radius 3 is 1.27 bits per heavy atom. The molecule has 0 amide bonds. The second-order valence-electron chi connectivity index (χ2n) is 16.1. The SMILES string of the molecule is O[B]Oc1cccc2c1oc1c(-c3ccccc3)nc(-n3c4ccccc4c4ccccc43)nc12.c1ccc(-c2nc(-n3c4ccccc4c4ccccc43)nc3c2oc2ccccc23)cc1. The molecule has 14 rings (SSSR count). The van der Waals surface area contributed by atoms with Gasteiger partial charge >= 0.3 is 7.69 Å². The lowest BCUT2D eigenvalue weighted by atomic mass is 10.1. The molecule has 1 radical (unpaired) electrons. The fraction of sp³-hybridized carbons (Fsp3) is 0.